The van der Waals surface area contributed by atoms with E-state index >= 15 is 0 Å². The van der Waals surface area contributed by atoms with E-state index < -0.39 is 5.97 Å². The van der Waals surface area contributed by atoms with Crippen LogP contribution < -0.4 is 5.56 Å². The van der Waals surface area contributed by atoms with E-state index in [0.29, 0.717) is 21.2 Å². The fraction of sp³-hybridized carbons (Fsp3) is 0.471. The minimum atomic E-state index is -0.431. The number of esters is 1. The van der Waals surface area contributed by atoms with Gasteiger partial charge in [-0.1, -0.05) is 25.7 Å². The van der Waals surface area contributed by atoms with Crippen LogP contribution in [0.15, 0.2) is 23.0 Å². The van der Waals surface area contributed by atoms with Crippen molar-refractivity contribution >= 4 is 29.1 Å². The van der Waals surface area contributed by atoms with Crippen molar-refractivity contribution in [2.75, 3.05) is 7.11 Å². The molecule has 0 atom stereocenters. The number of hydrogen-bond acceptors (Lipinski definition) is 4. The van der Waals surface area contributed by atoms with E-state index in [4.69, 9.17) is 17.0 Å². The SMILES string of the molecule is COC(=O)c1ccc2c(=O)n(C3CCCCCC3)c(=S)[nH]c2c1. The Kier molecular flexibility index (Phi) is 4.61. The van der Waals surface area contributed by atoms with Crippen LogP contribution in [-0.4, -0.2) is 22.6 Å². The molecule has 0 amide bonds. The molecule has 1 aliphatic carbocycles. The standard InChI is InChI=1S/C17H20N2O3S/c1-22-16(21)11-8-9-13-14(10-11)18-17(23)19(15(13)20)12-6-4-2-3-5-7-12/h8-10,12H,2-7H2,1H3,(H,18,23). The molecule has 6 heteroatoms. The highest BCUT2D eigenvalue weighted by Gasteiger charge is 2.18. The Balaban J connectivity index is 2.12. The molecule has 0 bridgehead atoms. The van der Waals surface area contributed by atoms with E-state index in [9.17, 15) is 9.59 Å². The minimum absolute atomic E-state index is 0.0768. The van der Waals surface area contributed by atoms with Gasteiger partial charge in [0.1, 0.15) is 0 Å². The van der Waals surface area contributed by atoms with Gasteiger partial charge in [0, 0.05) is 6.04 Å². The number of fused-ring (bicyclic) bond motifs is 1. The van der Waals surface area contributed by atoms with E-state index in [0.717, 1.165) is 25.7 Å². The average molecular weight is 332 g/mol. The number of methoxy groups -OCH3 is 1. The third-order valence-corrected chi connectivity index (χ3v) is 4.84. The van der Waals surface area contributed by atoms with Gasteiger partial charge in [0.25, 0.3) is 5.56 Å². The molecule has 0 unspecified atom stereocenters. The lowest BCUT2D eigenvalue weighted by atomic mass is 10.1. The van der Waals surface area contributed by atoms with E-state index in [2.05, 4.69) is 4.98 Å². The molecule has 0 spiro atoms. The van der Waals surface area contributed by atoms with Gasteiger partial charge in [0.2, 0.25) is 0 Å². The molecule has 1 N–H and O–H groups in total. The number of aromatic amines is 1. The Labute approximate surface area is 139 Å². The van der Waals surface area contributed by atoms with Crippen molar-refractivity contribution in [2.45, 2.75) is 44.6 Å². The molecule has 1 aliphatic rings. The zero-order valence-electron chi connectivity index (χ0n) is 13.1. The van der Waals surface area contributed by atoms with Gasteiger partial charge < -0.3 is 9.72 Å². The second-order valence-electron chi connectivity index (χ2n) is 6.00. The smallest absolute Gasteiger partial charge is 0.337 e. The summed E-state index contributed by atoms with van der Waals surface area (Å²) in [5, 5.41) is 0.551. The second kappa shape index (κ2) is 6.66. The first kappa shape index (κ1) is 15.9. The highest BCUT2D eigenvalue weighted by molar-refractivity contribution is 7.71. The van der Waals surface area contributed by atoms with Crippen LogP contribution >= 0.6 is 12.2 Å². The van der Waals surface area contributed by atoms with Crippen LogP contribution in [0.5, 0.6) is 0 Å². The normalized spacial score (nSPS) is 16.2. The summed E-state index contributed by atoms with van der Waals surface area (Å²) in [6.07, 6.45) is 6.68. The molecule has 1 heterocycles. The molecule has 3 rings (SSSR count). The molecule has 0 radical (unpaired) electrons. The van der Waals surface area contributed by atoms with Crippen molar-refractivity contribution in [2.24, 2.45) is 0 Å². The van der Waals surface area contributed by atoms with Gasteiger partial charge in [0.05, 0.1) is 23.6 Å². The molecular formula is C17H20N2O3S. The summed E-state index contributed by atoms with van der Waals surface area (Å²) in [5.41, 5.74) is 0.900. The van der Waals surface area contributed by atoms with Crippen molar-refractivity contribution in [3.8, 4) is 0 Å². The lowest BCUT2D eigenvalue weighted by Gasteiger charge is -2.18. The number of hydrogen-bond donors (Lipinski definition) is 1. The molecule has 5 nitrogen and oxygen atoms in total. The number of carbonyl (C=O) groups is 1. The number of nitrogens with zero attached hydrogens (tertiary/aromatic N) is 1. The van der Waals surface area contributed by atoms with Gasteiger partial charge >= 0.3 is 5.97 Å². The molecule has 2 aromatic rings. The summed E-state index contributed by atoms with van der Waals surface area (Å²) < 4.78 is 6.87. The van der Waals surface area contributed by atoms with Crippen LogP contribution in [0, 0.1) is 4.77 Å². The van der Waals surface area contributed by atoms with Crippen LogP contribution in [0.3, 0.4) is 0 Å². The predicted molar refractivity (Wildman–Crippen MR) is 91.5 cm³/mol. The molecule has 0 saturated heterocycles. The molecule has 1 fully saturated rings. The Morgan fingerprint density at radius 1 is 1.26 bits per heavy atom. The zero-order valence-corrected chi connectivity index (χ0v) is 13.9. The van der Waals surface area contributed by atoms with Gasteiger partial charge in [-0.15, -0.1) is 0 Å². The van der Waals surface area contributed by atoms with Crippen molar-refractivity contribution in [1.29, 1.82) is 0 Å². The van der Waals surface area contributed by atoms with E-state index in [-0.39, 0.29) is 11.6 Å². The Bertz CT molecular complexity index is 845. The third-order valence-electron chi connectivity index (χ3n) is 4.54. The molecule has 1 saturated carbocycles. The van der Waals surface area contributed by atoms with Crippen LogP contribution in [0.2, 0.25) is 0 Å². The third kappa shape index (κ3) is 3.08. The monoisotopic (exact) mass is 332 g/mol. The van der Waals surface area contributed by atoms with Crippen molar-refractivity contribution in [1.82, 2.24) is 9.55 Å². The summed E-state index contributed by atoms with van der Waals surface area (Å²) in [5.74, 6) is -0.431. The summed E-state index contributed by atoms with van der Waals surface area (Å²) in [6.45, 7) is 0. The molecule has 0 aliphatic heterocycles. The number of rotatable bonds is 2. The second-order valence-corrected chi connectivity index (χ2v) is 6.39. The average Bonchev–Trinajstić information content (AvgIpc) is 2.83. The fourth-order valence-electron chi connectivity index (χ4n) is 3.32. The Hall–Kier alpha value is -1.95. The lowest BCUT2D eigenvalue weighted by molar-refractivity contribution is 0.0601. The molecule has 1 aromatic carbocycles. The summed E-state index contributed by atoms with van der Waals surface area (Å²) >= 11 is 5.42. The van der Waals surface area contributed by atoms with Crippen LogP contribution in [0.4, 0.5) is 0 Å². The summed E-state index contributed by atoms with van der Waals surface area (Å²) in [4.78, 5) is 27.6. The van der Waals surface area contributed by atoms with E-state index in [1.54, 1.807) is 22.8 Å². The fourth-order valence-corrected chi connectivity index (χ4v) is 3.67. The first-order chi connectivity index (χ1) is 11.1. The van der Waals surface area contributed by atoms with E-state index in [1.165, 1.54) is 20.0 Å². The van der Waals surface area contributed by atoms with Gasteiger partial charge in [-0.3, -0.25) is 9.36 Å². The number of aromatic nitrogens is 2. The summed E-state index contributed by atoms with van der Waals surface area (Å²) in [6, 6.07) is 5.07. The number of nitrogens with one attached hydrogen (secondary N) is 1. The molecular weight excluding hydrogens is 312 g/mol. The maximum absolute atomic E-state index is 12.9. The topological polar surface area (TPSA) is 64.1 Å². The largest absolute Gasteiger partial charge is 0.465 e. The lowest BCUT2D eigenvalue weighted by Crippen LogP contribution is -2.26. The van der Waals surface area contributed by atoms with E-state index in [1.807, 2.05) is 0 Å². The maximum atomic E-state index is 12.9. The Morgan fingerprint density at radius 2 is 1.96 bits per heavy atom. The van der Waals surface area contributed by atoms with Gasteiger partial charge in [-0.2, -0.15) is 0 Å². The maximum Gasteiger partial charge on any atom is 0.337 e. The number of benzene rings is 1. The zero-order chi connectivity index (χ0) is 16.4. The van der Waals surface area contributed by atoms with Crippen LogP contribution in [0.1, 0.15) is 54.9 Å². The van der Waals surface area contributed by atoms with Crippen molar-refractivity contribution < 1.29 is 9.53 Å². The molecule has 1 aromatic heterocycles. The van der Waals surface area contributed by atoms with Crippen LogP contribution in [0.25, 0.3) is 10.9 Å². The van der Waals surface area contributed by atoms with Gasteiger partial charge in [0.15, 0.2) is 4.77 Å². The molecule has 122 valence electrons. The Morgan fingerprint density at radius 3 is 2.61 bits per heavy atom. The number of H-pyrrole nitrogens is 1. The van der Waals surface area contributed by atoms with Crippen LogP contribution in [-0.2, 0) is 4.74 Å². The first-order valence-electron chi connectivity index (χ1n) is 7.98. The predicted octanol–water partition coefficient (Wildman–Crippen LogP) is 3.74. The van der Waals surface area contributed by atoms with Crippen molar-refractivity contribution in [3.63, 3.8) is 0 Å². The minimum Gasteiger partial charge on any atom is -0.465 e. The number of ether oxygens (including phenoxy) is 1. The summed E-state index contributed by atoms with van der Waals surface area (Å²) in [7, 11) is 1.33. The number of carbonyl (C=O) groups excluding carboxylic acids is 1. The first-order valence-corrected chi connectivity index (χ1v) is 8.39. The van der Waals surface area contributed by atoms with Crippen molar-refractivity contribution in [3.05, 3.63) is 38.9 Å². The van der Waals surface area contributed by atoms with Gasteiger partial charge in [-0.25, -0.2) is 4.79 Å². The quantitative estimate of drug-likeness (QED) is 0.517. The van der Waals surface area contributed by atoms with Gasteiger partial charge in [-0.05, 0) is 43.3 Å². The molecule has 23 heavy (non-hydrogen) atoms. The highest BCUT2D eigenvalue weighted by Crippen LogP contribution is 2.26. The highest BCUT2D eigenvalue weighted by atomic mass is 32.1.